The quantitative estimate of drug-likeness (QED) is 0.754. The Morgan fingerprint density at radius 2 is 1.78 bits per heavy atom. The highest BCUT2D eigenvalue weighted by molar-refractivity contribution is 5.86. The second-order valence-corrected chi connectivity index (χ2v) is 4.46. The maximum atomic E-state index is 6.29. The molecule has 0 amide bonds. The summed E-state index contributed by atoms with van der Waals surface area (Å²) >= 11 is 0. The van der Waals surface area contributed by atoms with E-state index >= 15 is 0 Å². The third-order valence-electron chi connectivity index (χ3n) is 3.22. The first kappa shape index (κ1) is 11.1. The van der Waals surface area contributed by atoms with Gasteiger partial charge in [-0.1, -0.05) is 42.5 Å². The molecule has 1 unspecified atom stereocenters. The average Bonchev–Trinajstić information content (AvgIpc) is 2.91. The van der Waals surface area contributed by atoms with Crippen molar-refractivity contribution in [3.05, 3.63) is 72.2 Å². The number of furan rings is 1. The predicted molar refractivity (Wildman–Crippen MR) is 73.3 cm³/mol. The number of fused-ring (bicyclic) bond motifs is 1. The van der Waals surface area contributed by atoms with Gasteiger partial charge in [0.25, 0.3) is 0 Å². The molecule has 0 saturated heterocycles. The normalized spacial score (nSPS) is 12.7. The van der Waals surface area contributed by atoms with E-state index in [4.69, 9.17) is 10.2 Å². The smallest absolute Gasteiger partial charge is 0.105 e. The van der Waals surface area contributed by atoms with Crippen LogP contribution in [0.1, 0.15) is 17.4 Å². The topological polar surface area (TPSA) is 39.2 Å². The summed E-state index contributed by atoms with van der Waals surface area (Å²) in [6.07, 6.45) is 2.41. The highest BCUT2D eigenvalue weighted by atomic mass is 16.3. The lowest BCUT2D eigenvalue weighted by atomic mass is 9.97. The lowest BCUT2D eigenvalue weighted by molar-refractivity contribution is 0.489. The highest BCUT2D eigenvalue weighted by Crippen LogP contribution is 2.25. The van der Waals surface area contributed by atoms with Crippen LogP contribution in [0.5, 0.6) is 0 Å². The molecule has 0 aliphatic carbocycles. The van der Waals surface area contributed by atoms with Gasteiger partial charge in [-0.05, 0) is 28.5 Å². The van der Waals surface area contributed by atoms with Crippen molar-refractivity contribution in [3.63, 3.8) is 0 Å². The molecule has 0 spiro atoms. The molecule has 0 saturated carbocycles. The van der Waals surface area contributed by atoms with Gasteiger partial charge in [0.1, 0.15) is 5.76 Å². The van der Waals surface area contributed by atoms with Crippen molar-refractivity contribution in [3.8, 4) is 0 Å². The number of nitrogens with two attached hydrogens (primary N) is 1. The van der Waals surface area contributed by atoms with Crippen LogP contribution < -0.4 is 5.73 Å². The Kier molecular flexibility index (Phi) is 2.87. The van der Waals surface area contributed by atoms with E-state index in [1.807, 2.05) is 24.3 Å². The number of rotatable bonds is 3. The van der Waals surface area contributed by atoms with Crippen molar-refractivity contribution in [2.45, 2.75) is 12.5 Å². The monoisotopic (exact) mass is 237 g/mol. The SMILES string of the molecule is NC(Cc1ccco1)c1cccc2ccccc12. The zero-order chi connectivity index (χ0) is 12.4. The molecule has 2 heteroatoms. The van der Waals surface area contributed by atoms with Crippen LogP contribution >= 0.6 is 0 Å². The van der Waals surface area contributed by atoms with Gasteiger partial charge in [0.2, 0.25) is 0 Å². The number of benzene rings is 2. The van der Waals surface area contributed by atoms with Crippen molar-refractivity contribution in [2.24, 2.45) is 5.73 Å². The van der Waals surface area contributed by atoms with E-state index in [0.717, 1.165) is 12.2 Å². The van der Waals surface area contributed by atoms with Crippen molar-refractivity contribution in [1.29, 1.82) is 0 Å². The molecule has 0 bridgehead atoms. The summed E-state index contributed by atoms with van der Waals surface area (Å²) in [4.78, 5) is 0. The van der Waals surface area contributed by atoms with Crippen LogP contribution in [0.3, 0.4) is 0 Å². The molecule has 0 aliphatic heterocycles. The second-order valence-electron chi connectivity index (χ2n) is 4.46. The van der Waals surface area contributed by atoms with Crippen LogP contribution in [0.2, 0.25) is 0 Å². The number of hydrogen-bond acceptors (Lipinski definition) is 2. The fourth-order valence-electron chi connectivity index (χ4n) is 2.33. The van der Waals surface area contributed by atoms with E-state index < -0.39 is 0 Å². The Bertz CT molecular complexity index is 638. The third kappa shape index (κ3) is 2.03. The maximum absolute atomic E-state index is 6.29. The summed E-state index contributed by atoms with van der Waals surface area (Å²) in [5.74, 6) is 0.926. The summed E-state index contributed by atoms with van der Waals surface area (Å²) in [7, 11) is 0. The van der Waals surface area contributed by atoms with Crippen molar-refractivity contribution >= 4 is 10.8 Å². The van der Waals surface area contributed by atoms with Crippen LogP contribution in [0.4, 0.5) is 0 Å². The molecule has 3 rings (SSSR count). The minimum atomic E-state index is -0.0396. The fraction of sp³-hybridized carbons (Fsp3) is 0.125. The molecule has 1 atom stereocenters. The predicted octanol–water partition coefficient (Wildman–Crippen LogP) is 3.68. The van der Waals surface area contributed by atoms with Crippen molar-refractivity contribution < 1.29 is 4.42 Å². The highest BCUT2D eigenvalue weighted by Gasteiger charge is 2.11. The lowest BCUT2D eigenvalue weighted by Gasteiger charge is -2.13. The minimum absolute atomic E-state index is 0.0396. The summed E-state index contributed by atoms with van der Waals surface area (Å²) in [6, 6.07) is 18.4. The summed E-state index contributed by atoms with van der Waals surface area (Å²) in [5.41, 5.74) is 7.46. The third-order valence-corrected chi connectivity index (χ3v) is 3.22. The standard InChI is InChI=1S/C16H15NO/c17-16(11-13-7-4-10-18-13)15-9-3-6-12-5-1-2-8-14(12)15/h1-10,16H,11,17H2. The van der Waals surface area contributed by atoms with Gasteiger partial charge in [0.15, 0.2) is 0 Å². The van der Waals surface area contributed by atoms with Crippen LogP contribution in [0.15, 0.2) is 65.3 Å². The van der Waals surface area contributed by atoms with Crippen molar-refractivity contribution in [1.82, 2.24) is 0 Å². The zero-order valence-corrected chi connectivity index (χ0v) is 10.0. The fourth-order valence-corrected chi connectivity index (χ4v) is 2.33. The Labute approximate surface area is 106 Å². The van der Waals surface area contributed by atoms with Crippen LogP contribution in [0, 0.1) is 0 Å². The second kappa shape index (κ2) is 4.67. The molecule has 0 radical (unpaired) electrons. The van der Waals surface area contributed by atoms with E-state index in [1.165, 1.54) is 16.3 Å². The van der Waals surface area contributed by atoms with Crippen molar-refractivity contribution in [2.75, 3.05) is 0 Å². The Balaban J connectivity index is 1.98. The molecule has 1 aromatic heterocycles. The first-order valence-electron chi connectivity index (χ1n) is 6.10. The van der Waals surface area contributed by atoms with Crippen LogP contribution in [-0.2, 0) is 6.42 Å². The van der Waals surface area contributed by atoms with Gasteiger partial charge in [-0.2, -0.15) is 0 Å². The Morgan fingerprint density at radius 3 is 2.61 bits per heavy atom. The molecular weight excluding hydrogens is 222 g/mol. The first-order valence-corrected chi connectivity index (χ1v) is 6.10. The van der Waals surface area contributed by atoms with Gasteiger partial charge in [-0.3, -0.25) is 0 Å². The maximum Gasteiger partial charge on any atom is 0.105 e. The minimum Gasteiger partial charge on any atom is -0.469 e. The molecule has 1 heterocycles. The summed E-state index contributed by atoms with van der Waals surface area (Å²) in [5, 5.41) is 2.45. The van der Waals surface area contributed by atoms with E-state index in [0.29, 0.717) is 0 Å². The largest absolute Gasteiger partial charge is 0.469 e. The van der Waals surface area contributed by atoms with Crippen LogP contribution in [-0.4, -0.2) is 0 Å². The average molecular weight is 237 g/mol. The lowest BCUT2D eigenvalue weighted by Crippen LogP contribution is -2.13. The van der Waals surface area contributed by atoms with Gasteiger partial charge in [-0.25, -0.2) is 0 Å². The van der Waals surface area contributed by atoms with Crippen LogP contribution in [0.25, 0.3) is 10.8 Å². The van der Waals surface area contributed by atoms with Gasteiger partial charge < -0.3 is 10.2 Å². The zero-order valence-electron chi connectivity index (χ0n) is 10.0. The van der Waals surface area contributed by atoms with E-state index in [2.05, 4.69) is 30.3 Å². The molecule has 2 N–H and O–H groups in total. The summed E-state index contributed by atoms with van der Waals surface area (Å²) in [6.45, 7) is 0. The van der Waals surface area contributed by atoms with Gasteiger partial charge >= 0.3 is 0 Å². The van der Waals surface area contributed by atoms with Gasteiger partial charge in [0, 0.05) is 12.5 Å². The van der Waals surface area contributed by atoms with Gasteiger partial charge in [-0.15, -0.1) is 0 Å². The Hall–Kier alpha value is -2.06. The molecule has 2 nitrogen and oxygen atoms in total. The molecule has 18 heavy (non-hydrogen) atoms. The molecular formula is C16H15NO. The van der Waals surface area contributed by atoms with E-state index in [-0.39, 0.29) is 6.04 Å². The molecule has 2 aromatic carbocycles. The molecule has 0 aliphatic rings. The van der Waals surface area contributed by atoms with Gasteiger partial charge in [0.05, 0.1) is 6.26 Å². The number of hydrogen-bond donors (Lipinski definition) is 1. The van der Waals surface area contributed by atoms with E-state index in [1.54, 1.807) is 6.26 Å². The van der Waals surface area contributed by atoms with E-state index in [9.17, 15) is 0 Å². The summed E-state index contributed by atoms with van der Waals surface area (Å²) < 4.78 is 5.36. The molecule has 0 fully saturated rings. The Morgan fingerprint density at radius 1 is 0.944 bits per heavy atom. The first-order chi connectivity index (χ1) is 8.84. The molecule has 90 valence electrons. The molecule has 3 aromatic rings.